The van der Waals surface area contributed by atoms with Crippen LogP contribution in [-0.2, 0) is 13.0 Å². The maximum absolute atomic E-state index is 14.0. The van der Waals surface area contributed by atoms with Crippen LogP contribution in [0.2, 0.25) is 5.02 Å². The molecule has 0 bridgehead atoms. The molecule has 38 heavy (non-hydrogen) atoms. The van der Waals surface area contributed by atoms with Crippen molar-refractivity contribution in [3.05, 3.63) is 131 Å². The highest BCUT2D eigenvalue weighted by Crippen LogP contribution is 2.39. The van der Waals surface area contributed by atoms with Gasteiger partial charge in [-0.2, -0.15) is 5.10 Å². The quantitative estimate of drug-likeness (QED) is 0.271. The molecule has 0 aliphatic carbocycles. The third-order valence-corrected chi connectivity index (χ3v) is 7.06. The predicted octanol–water partition coefficient (Wildman–Crippen LogP) is 7.16. The van der Waals surface area contributed by atoms with Crippen LogP contribution in [0.1, 0.15) is 35.5 Å². The first-order valence-corrected chi connectivity index (χ1v) is 12.8. The van der Waals surface area contributed by atoms with Gasteiger partial charge < -0.3 is 14.8 Å². The van der Waals surface area contributed by atoms with Gasteiger partial charge in [0.25, 0.3) is 0 Å². The number of carbonyl (C=O) groups excluding carboxylic acids is 1. The van der Waals surface area contributed by atoms with Gasteiger partial charge in [0.05, 0.1) is 29.7 Å². The molecule has 1 atom stereocenters. The van der Waals surface area contributed by atoms with Gasteiger partial charge in [0.1, 0.15) is 11.6 Å². The fourth-order valence-electron chi connectivity index (χ4n) is 5.11. The number of rotatable bonds is 4. The Kier molecular flexibility index (Phi) is 6.21. The van der Waals surface area contributed by atoms with Gasteiger partial charge in [-0.25, -0.2) is 13.9 Å². The van der Waals surface area contributed by atoms with E-state index in [-0.39, 0.29) is 11.8 Å². The molecule has 6 nitrogen and oxygen atoms in total. The number of nitrogens with zero attached hydrogens (tertiary/aromatic N) is 4. The first kappa shape index (κ1) is 24.0. The van der Waals surface area contributed by atoms with Crippen molar-refractivity contribution >= 4 is 23.3 Å². The number of carbonyl (C=O) groups is 1. The molecule has 0 unspecified atom stereocenters. The third-order valence-electron chi connectivity index (χ3n) is 6.83. The van der Waals surface area contributed by atoms with Crippen molar-refractivity contribution in [3.8, 4) is 11.5 Å². The Balaban J connectivity index is 1.55. The second-order valence-electron chi connectivity index (χ2n) is 9.18. The lowest BCUT2D eigenvalue weighted by molar-refractivity contribution is 0.194. The first-order chi connectivity index (χ1) is 18.5. The van der Waals surface area contributed by atoms with Gasteiger partial charge in [0, 0.05) is 22.5 Å². The van der Waals surface area contributed by atoms with E-state index < -0.39 is 6.04 Å². The molecule has 3 heterocycles. The van der Waals surface area contributed by atoms with Crippen molar-refractivity contribution in [2.24, 2.45) is 0 Å². The second kappa shape index (κ2) is 9.84. The molecule has 5 aromatic rings. The first-order valence-electron chi connectivity index (χ1n) is 12.5. The van der Waals surface area contributed by atoms with E-state index in [1.165, 1.54) is 12.1 Å². The zero-order valence-corrected chi connectivity index (χ0v) is 21.4. The molecule has 0 spiro atoms. The molecule has 3 aromatic carbocycles. The second-order valence-corrected chi connectivity index (χ2v) is 9.61. The van der Waals surface area contributed by atoms with Gasteiger partial charge in [-0.3, -0.25) is 0 Å². The summed E-state index contributed by atoms with van der Waals surface area (Å²) in [6.45, 7) is 2.37. The van der Waals surface area contributed by atoms with Crippen LogP contribution in [0.15, 0.2) is 97.2 Å². The fraction of sp³-hybridized carbons (Fsp3) is 0.133. The molecule has 2 aromatic heterocycles. The Hall–Kier alpha value is -4.36. The summed E-state index contributed by atoms with van der Waals surface area (Å²) in [4.78, 5) is 15.7. The summed E-state index contributed by atoms with van der Waals surface area (Å²) in [7, 11) is 0. The van der Waals surface area contributed by atoms with Crippen molar-refractivity contribution in [1.29, 1.82) is 0 Å². The van der Waals surface area contributed by atoms with Gasteiger partial charge >= 0.3 is 6.03 Å². The van der Waals surface area contributed by atoms with E-state index in [2.05, 4.69) is 16.8 Å². The van der Waals surface area contributed by atoms with E-state index in [0.29, 0.717) is 23.7 Å². The number of para-hydroxylation sites is 1. The number of amides is 2. The van der Waals surface area contributed by atoms with E-state index in [1.807, 2.05) is 53.3 Å². The standard InChI is InChI=1S/C30H25ClFN5O/c1-2-26-25-19-36(30(38)33-23-9-6-8-21(31)18-23)28(20-13-15-22(32)16-14-20)27-12-7-17-35(27)29(25)37(34-26)24-10-4-3-5-11-24/h3-18,28H,2,19H2,1H3,(H,33,38)/t28-/m0/s1. The number of nitrogens with one attached hydrogen (secondary N) is 1. The zero-order valence-electron chi connectivity index (χ0n) is 20.7. The maximum atomic E-state index is 14.0. The van der Waals surface area contributed by atoms with Crippen LogP contribution >= 0.6 is 11.6 Å². The van der Waals surface area contributed by atoms with Crippen LogP contribution in [-0.4, -0.2) is 25.3 Å². The topological polar surface area (TPSA) is 55.1 Å². The molecular weight excluding hydrogens is 501 g/mol. The lowest BCUT2D eigenvalue weighted by atomic mass is 10.0. The molecule has 1 aliphatic rings. The van der Waals surface area contributed by atoms with Crippen LogP contribution in [0, 0.1) is 5.82 Å². The van der Waals surface area contributed by atoms with E-state index in [1.54, 1.807) is 41.3 Å². The largest absolute Gasteiger partial charge is 0.322 e. The molecule has 1 aliphatic heterocycles. The average molecular weight is 526 g/mol. The van der Waals surface area contributed by atoms with Crippen molar-refractivity contribution in [1.82, 2.24) is 19.2 Å². The summed E-state index contributed by atoms with van der Waals surface area (Å²) in [5.74, 6) is 0.558. The minimum Gasteiger partial charge on any atom is -0.308 e. The van der Waals surface area contributed by atoms with Crippen LogP contribution in [0.25, 0.3) is 11.5 Å². The minimum atomic E-state index is -0.480. The number of hydrogen-bond acceptors (Lipinski definition) is 2. The molecule has 0 fully saturated rings. The Labute approximate surface area is 224 Å². The van der Waals surface area contributed by atoms with E-state index in [4.69, 9.17) is 16.7 Å². The maximum Gasteiger partial charge on any atom is 0.322 e. The van der Waals surface area contributed by atoms with E-state index in [9.17, 15) is 9.18 Å². The Bertz CT molecular complexity index is 1610. The molecule has 0 saturated heterocycles. The average Bonchev–Trinajstić information content (AvgIpc) is 3.51. The number of urea groups is 1. The highest BCUT2D eigenvalue weighted by molar-refractivity contribution is 6.30. The lowest BCUT2D eigenvalue weighted by Gasteiger charge is -2.31. The minimum absolute atomic E-state index is 0.295. The van der Waals surface area contributed by atoms with Gasteiger partial charge in [-0.05, 0) is 66.6 Å². The monoisotopic (exact) mass is 525 g/mol. The fourth-order valence-corrected chi connectivity index (χ4v) is 5.30. The molecule has 0 saturated carbocycles. The SMILES string of the molecule is CCc1nn(-c2ccccc2)c2c1CN(C(=O)Nc1cccc(Cl)c1)[C@@H](c1ccc(F)cc1)c1cccn1-2. The van der Waals surface area contributed by atoms with E-state index >= 15 is 0 Å². The van der Waals surface area contributed by atoms with Gasteiger partial charge in [-0.15, -0.1) is 0 Å². The Morgan fingerprint density at radius 2 is 1.82 bits per heavy atom. The number of aryl methyl sites for hydroxylation is 1. The van der Waals surface area contributed by atoms with Crippen LogP contribution < -0.4 is 5.32 Å². The third kappa shape index (κ3) is 4.25. The van der Waals surface area contributed by atoms with Crippen LogP contribution in [0.5, 0.6) is 0 Å². The van der Waals surface area contributed by atoms with Crippen molar-refractivity contribution < 1.29 is 9.18 Å². The number of aromatic nitrogens is 3. The van der Waals surface area contributed by atoms with Crippen LogP contribution in [0.4, 0.5) is 14.9 Å². The number of fused-ring (bicyclic) bond motifs is 3. The van der Waals surface area contributed by atoms with Crippen molar-refractivity contribution in [3.63, 3.8) is 0 Å². The summed E-state index contributed by atoms with van der Waals surface area (Å²) in [5.41, 5.74) is 5.06. The zero-order chi connectivity index (χ0) is 26.2. The highest BCUT2D eigenvalue weighted by atomic mass is 35.5. The summed E-state index contributed by atoms with van der Waals surface area (Å²) < 4.78 is 18.0. The molecule has 1 N–H and O–H groups in total. The molecule has 0 radical (unpaired) electrons. The lowest BCUT2D eigenvalue weighted by Crippen LogP contribution is -2.38. The van der Waals surface area contributed by atoms with Gasteiger partial charge in [0.15, 0.2) is 0 Å². The summed E-state index contributed by atoms with van der Waals surface area (Å²) in [5, 5.41) is 8.51. The highest BCUT2D eigenvalue weighted by Gasteiger charge is 2.36. The Morgan fingerprint density at radius 1 is 1.03 bits per heavy atom. The summed E-state index contributed by atoms with van der Waals surface area (Å²) >= 11 is 6.18. The van der Waals surface area contributed by atoms with Gasteiger partial charge in [-0.1, -0.05) is 54.9 Å². The summed E-state index contributed by atoms with van der Waals surface area (Å²) in [6, 6.07) is 26.5. The number of halogens is 2. The van der Waals surface area contributed by atoms with Crippen molar-refractivity contribution in [2.45, 2.75) is 25.9 Å². The number of hydrogen-bond donors (Lipinski definition) is 1. The molecule has 6 rings (SSSR count). The number of benzene rings is 3. The molecular formula is C30H25ClFN5O. The van der Waals surface area contributed by atoms with Crippen LogP contribution in [0.3, 0.4) is 0 Å². The molecule has 8 heteroatoms. The Morgan fingerprint density at radius 3 is 2.55 bits per heavy atom. The van der Waals surface area contributed by atoms with Crippen molar-refractivity contribution in [2.75, 3.05) is 5.32 Å². The number of anilines is 1. The molecule has 2 amide bonds. The van der Waals surface area contributed by atoms with E-state index in [0.717, 1.165) is 34.0 Å². The predicted molar refractivity (Wildman–Crippen MR) is 147 cm³/mol. The smallest absolute Gasteiger partial charge is 0.308 e. The summed E-state index contributed by atoms with van der Waals surface area (Å²) in [6.07, 6.45) is 2.69. The van der Waals surface area contributed by atoms with Gasteiger partial charge in [0.2, 0.25) is 0 Å². The normalized spacial score (nSPS) is 14.5. The molecule has 190 valence electrons.